The van der Waals surface area contributed by atoms with Crippen LogP contribution < -0.4 is 0 Å². The number of benzene rings is 1. The third-order valence-electron chi connectivity index (χ3n) is 2.75. The minimum Gasteiger partial charge on any atom is -0.508 e. The molecule has 0 spiro atoms. The summed E-state index contributed by atoms with van der Waals surface area (Å²) in [5, 5.41) is 18.3. The van der Waals surface area contributed by atoms with Gasteiger partial charge in [-0.3, -0.25) is 9.69 Å². The van der Waals surface area contributed by atoms with Crippen LogP contribution in [0.2, 0.25) is 0 Å². The lowest BCUT2D eigenvalue weighted by Gasteiger charge is -2.27. The zero-order chi connectivity index (χ0) is 12.8. The Kier molecular flexibility index (Phi) is 4.97. The van der Waals surface area contributed by atoms with Crippen molar-refractivity contribution in [3.63, 3.8) is 0 Å². The molecule has 1 aromatic carbocycles. The van der Waals surface area contributed by atoms with Gasteiger partial charge in [0, 0.05) is 6.04 Å². The molecule has 17 heavy (non-hydrogen) atoms. The van der Waals surface area contributed by atoms with E-state index in [-0.39, 0.29) is 18.3 Å². The summed E-state index contributed by atoms with van der Waals surface area (Å²) in [6.07, 6.45) is 0.899. The largest absolute Gasteiger partial charge is 0.508 e. The predicted molar refractivity (Wildman–Crippen MR) is 66.0 cm³/mol. The molecule has 0 bridgehead atoms. The molecule has 0 radical (unpaired) electrons. The summed E-state index contributed by atoms with van der Waals surface area (Å²) < 4.78 is 0. The number of aliphatic carboxylic acids is 1. The van der Waals surface area contributed by atoms with Crippen LogP contribution in [0.5, 0.6) is 5.75 Å². The monoisotopic (exact) mass is 237 g/mol. The summed E-state index contributed by atoms with van der Waals surface area (Å²) in [5.41, 5.74) is 0.930. The summed E-state index contributed by atoms with van der Waals surface area (Å²) in [5.74, 6) is -0.619. The fourth-order valence-corrected chi connectivity index (χ4v) is 1.87. The number of carbonyl (C=O) groups is 1. The molecule has 0 saturated carbocycles. The lowest BCUT2D eigenvalue weighted by molar-refractivity contribution is -0.138. The van der Waals surface area contributed by atoms with Gasteiger partial charge in [-0.1, -0.05) is 19.1 Å². The molecular weight excluding hydrogens is 218 g/mol. The van der Waals surface area contributed by atoms with Crippen molar-refractivity contribution in [3.05, 3.63) is 29.8 Å². The molecule has 1 rings (SSSR count). The van der Waals surface area contributed by atoms with Crippen LogP contribution in [-0.4, -0.2) is 34.2 Å². The number of carboxylic acids is 1. The van der Waals surface area contributed by atoms with Crippen LogP contribution in [0.1, 0.15) is 31.9 Å². The number of carboxylic acid groups (broad SMARTS) is 1. The van der Waals surface area contributed by atoms with Crippen molar-refractivity contribution >= 4 is 5.97 Å². The second-order valence-electron chi connectivity index (χ2n) is 4.14. The lowest BCUT2D eigenvalue weighted by atomic mass is 10.1. The van der Waals surface area contributed by atoms with Crippen LogP contribution in [-0.2, 0) is 4.79 Å². The number of phenols is 1. The first kappa shape index (κ1) is 13.5. The Bertz CT molecular complexity index is 379. The number of hydrogen-bond donors (Lipinski definition) is 2. The maximum absolute atomic E-state index is 10.8. The number of rotatable bonds is 6. The summed E-state index contributed by atoms with van der Waals surface area (Å²) in [6, 6.07) is 6.94. The first-order valence-electron chi connectivity index (χ1n) is 5.79. The van der Waals surface area contributed by atoms with Crippen LogP contribution in [0.3, 0.4) is 0 Å². The smallest absolute Gasteiger partial charge is 0.317 e. The summed E-state index contributed by atoms with van der Waals surface area (Å²) in [6.45, 7) is 4.71. The van der Waals surface area contributed by atoms with Gasteiger partial charge >= 0.3 is 5.97 Å². The molecule has 0 aliphatic heterocycles. The highest BCUT2D eigenvalue weighted by atomic mass is 16.4. The molecule has 4 heteroatoms. The molecule has 2 N–H and O–H groups in total. The fourth-order valence-electron chi connectivity index (χ4n) is 1.87. The minimum atomic E-state index is -0.828. The van der Waals surface area contributed by atoms with Crippen LogP contribution in [0.25, 0.3) is 0 Å². The second kappa shape index (κ2) is 6.25. The molecule has 1 aromatic rings. The van der Waals surface area contributed by atoms with Crippen molar-refractivity contribution in [3.8, 4) is 5.75 Å². The minimum absolute atomic E-state index is 0.0156. The Morgan fingerprint density at radius 2 is 2.18 bits per heavy atom. The van der Waals surface area contributed by atoms with Gasteiger partial charge in [-0.2, -0.15) is 0 Å². The van der Waals surface area contributed by atoms with Crippen molar-refractivity contribution in [2.24, 2.45) is 0 Å². The molecule has 1 atom stereocenters. The second-order valence-corrected chi connectivity index (χ2v) is 4.14. The van der Waals surface area contributed by atoms with Gasteiger partial charge in [-0.25, -0.2) is 0 Å². The summed E-state index contributed by atoms with van der Waals surface area (Å²) in [4.78, 5) is 12.7. The lowest BCUT2D eigenvalue weighted by Crippen LogP contribution is -2.33. The van der Waals surface area contributed by atoms with E-state index >= 15 is 0 Å². The Hall–Kier alpha value is -1.55. The highest BCUT2D eigenvalue weighted by Crippen LogP contribution is 2.23. The molecule has 0 heterocycles. The highest BCUT2D eigenvalue weighted by Gasteiger charge is 2.17. The van der Waals surface area contributed by atoms with E-state index in [0.29, 0.717) is 0 Å². The fraction of sp³-hybridized carbons (Fsp3) is 0.462. The third kappa shape index (κ3) is 4.07. The average molecular weight is 237 g/mol. The predicted octanol–water partition coefficient (Wildman–Crippen LogP) is 2.25. The topological polar surface area (TPSA) is 60.8 Å². The number of phenolic OH excluding ortho intramolecular Hbond substituents is 1. The molecule has 4 nitrogen and oxygen atoms in total. The van der Waals surface area contributed by atoms with E-state index < -0.39 is 5.97 Å². The van der Waals surface area contributed by atoms with Gasteiger partial charge in [-0.15, -0.1) is 0 Å². The highest BCUT2D eigenvalue weighted by molar-refractivity contribution is 5.69. The van der Waals surface area contributed by atoms with Gasteiger partial charge < -0.3 is 10.2 Å². The zero-order valence-electron chi connectivity index (χ0n) is 10.3. The summed E-state index contributed by atoms with van der Waals surface area (Å²) >= 11 is 0. The van der Waals surface area contributed by atoms with E-state index in [1.54, 1.807) is 18.2 Å². The first-order chi connectivity index (χ1) is 8.04. The maximum Gasteiger partial charge on any atom is 0.317 e. The molecule has 0 aromatic heterocycles. The Labute approximate surface area is 101 Å². The van der Waals surface area contributed by atoms with Crippen molar-refractivity contribution in [1.29, 1.82) is 0 Å². The molecule has 0 aliphatic carbocycles. The quantitative estimate of drug-likeness (QED) is 0.796. The van der Waals surface area contributed by atoms with E-state index in [1.165, 1.54) is 0 Å². The molecule has 0 saturated heterocycles. The molecular formula is C13H19NO3. The van der Waals surface area contributed by atoms with Crippen molar-refractivity contribution in [2.75, 3.05) is 13.1 Å². The third-order valence-corrected chi connectivity index (χ3v) is 2.75. The summed E-state index contributed by atoms with van der Waals surface area (Å²) in [7, 11) is 0. The van der Waals surface area contributed by atoms with Gasteiger partial charge in [-0.05, 0) is 37.6 Å². The Morgan fingerprint density at radius 3 is 2.71 bits per heavy atom. The SMILES string of the molecule is CCCN(CC(=O)O)C(C)c1cccc(O)c1. The van der Waals surface area contributed by atoms with Crippen LogP contribution in [0.4, 0.5) is 0 Å². The van der Waals surface area contributed by atoms with Gasteiger partial charge in [0.05, 0.1) is 6.54 Å². The molecule has 0 fully saturated rings. The first-order valence-corrected chi connectivity index (χ1v) is 5.79. The van der Waals surface area contributed by atoms with E-state index in [0.717, 1.165) is 18.5 Å². The number of hydrogen-bond acceptors (Lipinski definition) is 3. The molecule has 0 amide bonds. The van der Waals surface area contributed by atoms with Crippen molar-refractivity contribution in [1.82, 2.24) is 4.90 Å². The standard InChI is InChI=1S/C13H19NO3/c1-3-7-14(9-13(16)17)10(2)11-5-4-6-12(15)8-11/h4-6,8,10,15H,3,7,9H2,1-2H3,(H,16,17). The number of nitrogens with zero attached hydrogens (tertiary/aromatic N) is 1. The molecule has 0 aliphatic rings. The maximum atomic E-state index is 10.8. The van der Waals surface area contributed by atoms with Crippen LogP contribution >= 0.6 is 0 Å². The van der Waals surface area contributed by atoms with E-state index in [4.69, 9.17) is 5.11 Å². The molecule has 94 valence electrons. The van der Waals surface area contributed by atoms with Gasteiger partial charge in [0.2, 0.25) is 0 Å². The average Bonchev–Trinajstić information content (AvgIpc) is 2.27. The van der Waals surface area contributed by atoms with Crippen molar-refractivity contribution < 1.29 is 15.0 Å². The van der Waals surface area contributed by atoms with Crippen molar-refractivity contribution in [2.45, 2.75) is 26.3 Å². The Morgan fingerprint density at radius 1 is 1.47 bits per heavy atom. The van der Waals surface area contributed by atoms with E-state index in [1.807, 2.05) is 24.8 Å². The van der Waals surface area contributed by atoms with Crippen LogP contribution in [0.15, 0.2) is 24.3 Å². The van der Waals surface area contributed by atoms with Gasteiger partial charge in [0.15, 0.2) is 0 Å². The van der Waals surface area contributed by atoms with Gasteiger partial charge in [0.25, 0.3) is 0 Å². The Balaban J connectivity index is 2.82. The normalized spacial score (nSPS) is 12.6. The van der Waals surface area contributed by atoms with Crippen LogP contribution in [0, 0.1) is 0 Å². The van der Waals surface area contributed by atoms with Gasteiger partial charge in [0.1, 0.15) is 5.75 Å². The molecule has 1 unspecified atom stereocenters. The van der Waals surface area contributed by atoms with E-state index in [2.05, 4.69) is 0 Å². The van der Waals surface area contributed by atoms with E-state index in [9.17, 15) is 9.90 Å². The number of aromatic hydroxyl groups is 1. The zero-order valence-corrected chi connectivity index (χ0v) is 10.3.